The maximum Gasteiger partial charge on any atom is 0.0917 e. The second-order valence-electron chi connectivity index (χ2n) is 10.1. The average molecular weight is 511 g/mol. The summed E-state index contributed by atoms with van der Waals surface area (Å²) in [5, 5.41) is 7.22. The number of fused-ring (bicyclic) bond motifs is 8. The summed E-state index contributed by atoms with van der Waals surface area (Å²) in [7, 11) is 0. The van der Waals surface area contributed by atoms with Gasteiger partial charge in [0.2, 0.25) is 0 Å². The van der Waals surface area contributed by atoms with E-state index in [2.05, 4.69) is 76.7 Å². The highest BCUT2D eigenvalue weighted by Gasteiger charge is 2.13. The van der Waals surface area contributed by atoms with Gasteiger partial charge in [-0.05, 0) is 68.7 Å². The molecule has 6 aromatic carbocycles. The molecule has 0 radical (unpaired) electrons. The largest absolute Gasteiger partial charge is 0.253 e. The standard InChI is InChI=1S/C34H18N6/c1-2-5-21-13-24-22(12-20(21)4-1)9-8-19-6-3-7-23(34(19)24)33-18-37-27-16-31-32(17-28(27)40-33)39-30-15-26-25(14-29(30)38-31)35-10-11-36-26/h1-18H. The van der Waals surface area contributed by atoms with Crippen LogP contribution in [0.1, 0.15) is 0 Å². The first-order valence-electron chi connectivity index (χ1n) is 13.1. The summed E-state index contributed by atoms with van der Waals surface area (Å²) in [5.74, 6) is 0. The zero-order valence-electron chi connectivity index (χ0n) is 21.1. The minimum Gasteiger partial charge on any atom is -0.253 e. The molecule has 6 nitrogen and oxygen atoms in total. The van der Waals surface area contributed by atoms with E-state index < -0.39 is 0 Å². The van der Waals surface area contributed by atoms with Crippen LogP contribution in [0.25, 0.3) is 87.7 Å². The van der Waals surface area contributed by atoms with E-state index >= 15 is 0 Å². The number of benzene rings is 6. The van der Waals surface area contributed by atoms with Crippen molar-refractivity contribution in [3.05, 3.63) is 110 Å². The van der Waals surface area contributed by atoms with Crippen LogP contribution < -0.4 is 0 Å². The van der Waals surface area contributed by atoms with Gasteiger partial charge in [-0.25, -0.2) is 15.0 Å². The third-order valence-corrected chi connectivity index (χ3v) is 7.69. The maximum absolute atomic E-state index is 5.09. The van der Waals surface area contributed by atoms with Crippen LogP contribution in [0.2, 0.25) is 0 Å². The van der Waals surface area contributed by atoms with Crippen LogP contribution in [-0.2, 0) is 0 Å². The Balaban J connectivity index is 1.28. The second-order valence-corrected chi connectivity index (χ2v) is 10.1. The zero-order valence-corrected chi connectivity index (χ0v) is 21.1. The highest BCUT2D eigenvalue weighted by atomic mass is 14.9. The van der Waals surface area contributed by atoms with E-state index in [0.29, 0.717) is 0 Å². The molecule has 0 aliphatic heterocycles. The Morgan fingerprint density at radius 3 is 1.70 bits per heavy atom. The third-order valence-electron chi connectivity index (χ3n) is 7.69. The van der Waals surface area contributed by atoms with Crippen molar-refractivity contribution in [2.24, 2.45) is 0 Å². The number of aromatic nitrogens is 6. The Morgan fingerprint density at radius 2 is 0.975 bits per heavy atom. The van der Waals surface area contributed by atoms with Gasteiger partial charge in [-0.15, -0.1) is 0 Å². The molecule has 9 rings (SSSR count). The fourth-order valence-corrected chi connectivity index (χ4v) is 5.79. The Kier molecular flexibility index (Phi) is 4.24. The first kappa shape index (κ1) is 21.3. The van der Waals surface area contributed by atoms with E-state index in [9.17, 15) is 0 Å². The Morgan fingerprint density at radius 1 is 0.400 bits per heavy atom. The first-order valence-corrected chi connectivity index (χ1v) is 13.1. The van der Waals surface area contributed by atoms with Crippen LogP contribution in [0, 0.1) is 0 Å². The smallest absolute Gasteiger partial charge is 0.0917 e. The molecule has 0 aliphatic carbocycles. The summed E-state index contributed by atoms with van der Waals surface area (Å²) in [5.41, 5.74) is 8.13. The lowest BCUT2D eigenvalue weighted by Crippen LogP contribution is -1.94. The van der Waals surface area contributed by atoms with E-state index in [4.69, 9.17) is 19.9 Å². The first-order chi connectivity index (χ1) is 19.8. The summed E-state index contributed by atoms with van der Waals surface area (Å²) >= 11 is 0. The molecule has 0 fully saturated rings. The van der Waals surface area contributed by atoms with Crippen molar-refractivity contribution in [1.29, 1.82) is 0 Å². The molecular formula is C34H18N6. The molecular weight excluding hydrogens is 492 g/mol. The van der Waals surface area contributed by atoms with Crippen LogP contribution in [0.15, 0.2) is 110 Å². The van der Waals surface area contributed by atoms with Crippen LogP contribution >= 0.6 is 0 Å². The van der Waals surface area contributed by atoms with Gasteiger partial charge in [0.25, 0.3) is 0 Å². The molecule has 0 N–H and O–H groups in total. The van der Waals surface area contributed by atoms with E-state index in [1.807, 2.05) is 30.5 Å². The van der Waals surface area contributed by atoms with Gasteiger partial charge < -0.3 is 0 Å². The molecule has 184 valence electrons. The molecule has 3 heterocycles. The predicted molar refractivity (Wildman–Crippen MR) is 161 cm³/mol. The predicted octanol–water partition coefficient (Wildman–Crippen LogP) is 7.80. The third kappa shape index (κ3) is 3.16. The normalized spacial score (nSPS) is 12.0. The highest BCUT2D eigenvalue weighted by Crippen LogP contribution is 2.36. The van der Waals surface area contributed by atoms with Crippen molar-refractivity contribution in [2.75, 3.05) is 0 Å². The highest BCUT2D eigenvalue weighted by molar-refractivity contribution is 6.17. The maximum atomic E-state index is 5.09. The van der Waals surface area contributed by atoms with Crippen molar-refractivity contribution in [2.45, 2.75) is 0 Å². The molecule has 0 unspecified atom stereocenters. The van der Waals surface area contributed by atoms with Gasteiger partial charge in [-0.1, -0.05) is 54.6 Å². The number of hydrogen-bond donors (Lipinski definition) is 0. The Bertz CT molecular complexity index is 2500. The van der Waals surface area contributed by atoms with Gasteiger partial charge in [0.05, 0.1) is 56.0 Å². The van der Waals surface area contributed by atoms with Crippen LogP contribution in [0.5, 0.6) is 0 Å². The Hall–Kier alpha value is -5.62. The van der Waals surface area contributed by atoms with Gasteiger partial charge >= 0.3 is 0 Å². The van der Waals surface area contributed by atoms with E-state index in [-0.39, 0.29) is 0 Å². The molecule has 0 bridgehead atoms. The van der Waals surface area contributed by atoms with Crippen LogP contribution in [0.3, 0.4) is 0 Å². The topological polar surface area (TPSA) is 77.3 Å². The van der Waals surface area contributed by atoms with E-state index in [0.717, 1.165) is 55.4 Å². The fraction of sp³-hybridized carbons (Fsp3) is 0. The Labute approximate surface area is 227 Å². The summed E-state index contributed by atoms with van der Waals surface area (Å²) in [4.78, 5) is 28.5. The molecule has 9 aromatic rings. The van der Waals surface area contributed by atoms with Gasteiger partial charge in [0, 0.05) is 18.0 Å². The lowest BCUT2D eigenvalue weighted by atomic mass is 9.94. The van der Waals surface area contributed by atoms with Gasteiger partial charge in [0.1, 0.15) is 0 Å². The molecule has 40 heavy (non-hydrogen) atoms. The summed E-state index contributed by atoms with van der Waals surface area (Å²) in [6, 6.07) is 31.6. The number of rotatable bonds is 1. The molecule has 0 amide bonds. The van der Waals surface area contributed by atoms with Crippen molar-refractivity contribution >= 4 is 76.5 Å². The molecule has 3 aromatic heterocycles. The lowest BCUT2D eigenvalue weighted by Gasteiger charge is -2.12. The van der Waals surface area contributed by atoms with Gasteiger partial charge in [0.15, 0.2) is 0 Å². The van der Waals surface area contributed by atoms with Crippen LogP contribution in [-0.4, -0.2) is 29.9 Å². The molecule has 6 heteroatoms. The summed E-state index contributed by atoms with van der Waals surface area (Å²) < 4.78 is 0. The second kappa shape index (κ2) is 7.94. The summed E-state index contributed by atoms with van der Waals surface area (Å²) in [6.45, 7) is 0. The van der Waals surface area contributed by atoms with Gasteiger partial charge in [-0.3, -0.25) is 15.0 Å². The minimum atomic E-state index is 0.768. The average Bonchev–Trinajstić information content (AvgIpc) is 3.00. The van der Waals surface area contributed by atoms with Crippen molar-refractivity contribution < 1.29 is 0 Å². The quantitative estimate of drug-likeness (QED) is 0.166. The number of nitrogens with zero attached hydrogens (tertiary/aromatic N) is 6. The van der Waals surface area contributed by atoms with Crippen molar-refractivity contribution in [3.8, 4) is 11.3 Å². The van der Waals surface area contributed by atoms with Crippen molar-refractivity contribution in [1.82, 2.24) is 29.9 Å². The lowest BCUT2D eigenvalue weighted by molar-refractivity contribution is 1.28. The van der Waals surface area contributed by atoms with E-state index in [1.54, 1.807) is 12.4 Å². The minimum absolute atomic E-state index is 0.768. The monoisotopic (exact) mass is 510 g/mol. The van der Waals surface area contributed by atoms with Crippen LogP contribution in [0.4, 0.5) is 0 Å². The zero-order chi connectivity index (χ0) is 26.2. The van der Waals surface area contributed by atoms with Crippen molar-refractivity contribution in [3.63, 3.8) is 0 Å². The molecule has 0 aliphatic rings. The molecule has 0 saturated heterocycles. The van der Waals surface area contributed by atoms with E-state index in [1.165, 1.54) is 32.3 Å². The molecule has 0 spiro atoms. The number of hydrogen-bond acceptors (Lipinski definition) is 6. The molecule has 0 saturated carbocycles. The molecule has 0 atom stereocenters. The SMILES string of the molecule is c1ccc2cc3c(ccc4cccc(-c5cnc6cc7nc8cc9nccnc9cc8nc7cc6n5)c43)cc2c1. The van der Waals surface area contributed by atoms with Gasteiger partial charge in [-0.2, -0.15) is 0 Å². The fourth-order valence-electron chi connectivity index (χ4n) is 5.79. The summed E-state index contributed by atoms with van der Waals surface area (Å²) in [6.07, 6.45) is 5.23.